The fourth-order valence-electron chi connectivity index (χ4n) is 1.45. The number of H-pyrrole nitrogens is 1. The molecular weight excluding hydrogens is 186 g/mol. The van der Waals surface area contributed by atoms with Gasteiger partial charge in [-0.2, -0.15) is 0 Å². The van der Waals surface area contributed by atoms with Gasteiger partial charge in [0.15, 0.2) is 5.58 Å². The van der Waals surface area contributed by atoms with Gasteiger partial charge in [-0.05, 0) is 30.4 Å². The highest BCUT2D eigenvalue weighted by Gasteiger charge is 2.05. The zero-order chi connectivity index (χ0) is 8.84. The molecule has 0 fully saturated rings. The van der Waals surface area contributed by atoms with Crippen molar-refractivity contribution in [3.63, 3.8) is 0 Å². The van der Waals surface area contributed by atoms with Crippen LogP contribution in [0.1, 0.15) is 0 Å². The molecule has 1 aromatic carbocycles. The Morgan fingerprint density at radius 3 is 3.08 bits per heavy atom. The molecule has 0 aliphatic rings. The molecule has 3 rings (SSSR count). The number of oxazole rings is 1. The summed E-state index contributed by atoms with van der Waals surface area (Å²) >= 11 is 4.90. The average molecular weight is 191 g/mol. The maximum Gasteiger partial charge on any atom is 0.266 e. The third-order valence-corrected chi connectivity index (χ3v) is 2.20. The summed E-state index contributed by atoms with van der Waals surface area (Å²) in [6.45, 7) is 0. The van der Waals surface area contributed by atoms with Gasteiger partial charge in [0.05, 0.1) is 17.2 Å². The number of rotatable bonds is 0. The van der Waals surface area contributed by atoms with Crippen LogP contribution in [0.25, 0.3) is 22.1 Å². The second-order valence-electron chi connectivity index (χ2n) is 2.79. The first kappa shape index (κ1) is 6.91. The molecule has 0 aliphatic carbocycles. The number of nitrogens with one attached hydrogen (secondary N) is 1. The molecule has 0 bridgehead atoms. The normalized spacial score (nSPS) is 11.4. The molecule has 4 heteroatoms. The van der Waals surface area contributed by atoms with E-state index in [1.54, 1.807) is 6.26 Å². The summed E-state index contributed by atoms with van der Waals surface area (Å²) in [6.07, 6.45) is 1.63. The van der Waals surface area contributed by atoms with E-state index < -0.39 is 0 Å². The smallest absolute Gasteiger partial charge is 0.266 e. The van der Waals surface area contributed by atoms with E-state index in [1.165, 1.54) is 0 Å². The number of fused-ring (bicyclic) bond motifs is 3. The van der Waals surface area contributed by atoms with E-state index in [0.29, 0.717) is 4.84 Å². The maximum absolute atomic E-state index is 5.34. The summed E-state index contributed by atoms with van der Waals surface area (Å²) in [7, 11) is 0. The number of furan rings is 1. The van der Waals surface area contributed by atoms with Gasteiger partial charge in [0, 0.05) is 0 Å². The summed E-state index contributed by atoms with van der Waals surface area (Å²) in [6, 6.07) is 5.64. The van der Waals surface area contributed by atoms with Gasteiger partial charge in [0.2, 0.25) is 0 Å². The van der Waals surface area contributed by atoms with Crippen LogP contribution in [0.2, 0.25) is 0 Å². The average Bonchev–Trinajstić information content (AvgIpc) is 2.65. The van der Waals surface area contributed by atoms with E-state index in [-0.39, 0.29) is 0 Å². The minimum atomic E-state index is 0.392. The number of hydrogen-bond donors (Lipinski definition) is 1. The SMILES string of the molecule is S=c1[nH]c2ccc3occc3c2o1. The summed E-state index contributed by atoms with van der Waals surface area (Å²) in [5.74, 6) is 0. The molecule has 64 valence electrons. The molecule has 2 aromatic heterocycles. The van der Waals surface area contributed by atoms with Crippen molar-refractivity contribution in [3.8, 4) is 0 Å². The van der Waals surface area contributed by atoms with E-state index in [9.17, 15) is 0 Å². The van der Waals surface area contributed by atoms with Crippen LogP contribution < -0.4 is 0 Å². The van der Waals surface area contributed by atoms with E-state index in [0.717, 1.165) is 22.1 Å². The Morgan fingerprint density at radius 1 is 1.23 bits per heavy atom. The summed E-state index contributed by atoms with van der Waals surface area (Å²) in [5, 5.41) is 0.949. The van der Waals surface area contributed by atoms with Crippen LogP contribution in [0.4, 0.5) is 0 Å². The predicted molar refractivity (Wildman–Crippen MR) is 51.2 cm³/mol. The Morgan fingerprint density at radius 2 is 2.15 bits per heavy atom. The van der Waals surface area contributed by atoms with Gasteiger partial charge in [0.1, 0.15) is 5.58 Å². The Hall–Kier alpha value is -1.55. The summed E-state index contributed by atoms with van der Waals surface area (Å²) < 4.78 is 10.6. The van der Waals surface area contributed by atoms with Gasteiger partial charge in [0.25, 0.3) is 4.84 Å². The van der Waals surface area contributed by atoms with Gasteiger partial charge >= 0.3 is 0 Å². The van der Waals surface area contributed by atoms with Crippen LogP contribution in [-0.4, -0.2) is 4.98 Å². The molecule has 0 radical (unpaired) electrons. The molecule has 0 saturated carbocycles. The lowest BCUT2D eigenvalue weighted by molar-refractivity contribution is 0.585. The quantitative estimate of drug-likeness (QED) is 0.554. The van der Waals surface area contributed by atoms with Crippen molar-refractivity contribution in [1.82, 2.24) is 4.98 Å². The zero-order valence-electron chi connectivity index (χ0n) is 6.53. The number of aromatic nitrogens is 1. The third-order valence-electron chi connectivity index (χ3n) is 2.02. The van der Waals surface area contributed by atoms with Crippen molar-refractivity contribution >= 4 is 34.3 Å². The molecule has 2 heterocycles. The first-order valence-electron chi connectivity index (χ1n) is 3.83. The van der Waals surface area contributed by atoms with Gasteiger partial charge in [-0.1, -0.05) is 0 Å². The van der Waals surface area contributed by atoms with Gasteiger partial charge in [-0.15, -0.1) is 0 Å². The fourth-order valence-corrected chi connectivity index (χ4v) is 1.65. The van der Waals surface area contributed by atoms with Crippen LogP contribution >= 0.6 is 12.2 Å². The molecule has 13 heavy (non-hydrogen) atoms. The molecular formula is C9H5NO2S. The second kappa shape index (κ2) is 2.23. The van der Waals surface area contributed by atoms with E-state index in [2.05, 4.69) is 4.98 Å². The standard InChI is InChI=1S/C9H5NO2S/c13-9-10-6-1-2-7-5(3-4-11-7)8(6)12-9/h1-4H,(H,10,13). The van der Waals surface area contributed by atoms with Crippen LogP contribution in [0.5, 0.6) is 0 Å². The molecule has 0 aliphatic heterocycles. The highest BCUT2D eigenvalue weighted by atomic mass is 32.1. The van der Waals surface area contributed by atoms with Gasteiger partial charge in [-0.3, -0.25) is 0 Å². The van der Waals surface area contributed by atoms with Crippen molar-refractivity contribution in [2.45, 2.75) is 0 Å². The second-order valence-corrected chi connectivity index (χ2v) is 3.16. The maximum atomic E-state index is 5.34. The molecule has 3 aromatic rings. The van der Waals surface area contributed by atoms with E-state index in [1.807, 2.05) is 18.2 Å². The predicted octanol–water partition coefficient (Wildman–Crippen LogP) is 3.24. The molecule has 0 amide bonds. The monoisotopic (exact) mass is 191 g/mol. The van der Waals surface area contributed by atoms with Crippen LogP contribution in [-0.2, 0) is 0 Å². The number of benzene rings is 1. The highest BCUT2D eigenvalue weighted by Crippen LogP contribution is 2.25. The lowest BCUT2D eigenvalue weighted by Crippen LogP contribution is -1.67. The van der Waals surface area contributed by atoms with Crippen LogP contribution in [0, 0.1) is 4.84 Å². The van der Waals surface area contributed by atoms with Gasteiger partial charge in [-0.25, -0.2) is 0 Å². The Kier molecular flexibility index (Phi) is 1.19. The Labute approximate surface area is 78.0 Å². The van der Waals surface area contributed by atoms with E-state index in [4.69, 9.17) is 21.1 Å². The first-order chi connectivity index (χ1) is 6.34. The molecule has 0 unspecified atom stereocenters. The van der Waals surface area contributed by atoms with E-state index >= 15 is 0 Å². The minimum Gasteiger partial charge on any atom is -0.464 e. The summed E-state index contributed by atoms with van der Waals surface area (Å²) in [5.41, 5.74) is 2.47. The molecule has 0 saturated heterocycles. The molecule has 1 N–H and O–H groups in total. The molecule has 0 spiro atoms. The van der Waals surface area contributed by atoms with Crippen molar-refractivity contribution in [2.24, 2.45) is 0 Å². The topological polar surface area (TPSA) is 42.1 Å². The lowest BCUT2D eigenvalue weighted by atomic mass is 10.2. The Balaban J connectivity index is 2.71. The first-order valence-corrected chi connectivity index (χ1v) is 4.24. The lowest BCUT2D eigenvalue weighted by Gasteiger charge is -1.87. The van der Waals surface area contributed by atoms with Crippen molar-refractivity contribution in [1.29, 1.82) is 0 Å². The fraction of sp³-hybridized carbons (Fsp3) is 0. The van der Waals surface area contributed by atoms with Crippen LogP contribution in [0.15, 0.2) is 33.3 Å². The van der Waals surface area contributed by atoms with Crippen LogP contribution in [0.3, 0.4) is 0 Å². The summed E-state index contributed by atoms with van der Waals surface area (Å²) in [4.78, 5) is 3.34. The van der Waals surface area contributed by atoms with Gasteiger partial charge < -0.3 is 13.8 Å². The highest BCUT2D eigenvalue weighted by molar-refractivity contribution is 7.71. The van der Waals surface area contributed by atoms with Crippen molar-refractivity contribution in [2.75, 3.05) is 0 Å². The number of aromatic amines is 1. The largest absolute Gasteiger partial charge is 0.464 e. The molecule has 3 nitrogen and oxygen atoms in total. The molecule has 0 atom stereocenters. The van der Waals surface area contributed by atoms with Crippen molar-refractivity contribution in [3.05, 3.63) is 29.3 Å². The zero-order valence-corrected chi connectivity index (χ0v) is 7.35. The minimum absolute atomic E-state index is 0.392. The van der Waals surface area contributed by atoms with Crippen molar-refractivity contribution < 1.29 is 8.83 Å². The number of hydrogen-bond acceptors (Lipinski definition) is 3. The Bertz CT molecular complexity index is 631. The third kappa shape index (κ3) is 0.860.